The lowest BCUT2D eigenvalue weighted by Crippen LogP contribution is -2.67. The third-order valence-electron chi connectivity index (χ3n) is 7.69. The number of allylic oxidation sites excluding steroid dienone is 1. The number of carbonyl (C=O) groups excluding carboxylic acids is 8. The van der Waals surface area contributed by atoms with Crippen LogP contribution in [0.1, 0.15) is 60.5 Å². The van der Waals surface area contributed by atoms with E-state index in [2.05, 4.69) is 0 Å². The van der Waals surface area contributed by atoms with Crippen molar-refractivity contribution >= 4 is 53.6 Å². The molecule has 0 unspecified atom stereocenters. The molecule has 1 aromatic rings. The summed E-state index contributed by atoms with van der Waals surface area (Å²) >= 11 is 0. The summed E-state index contributed by atoms with van der Waals surface area (Å²) < 4.78 is 56.5. The quantitative estimate of drug-likeness (QED) is 0.139. The summed E-state index contributed by atoms with van der Waals surface area (Å²) in [5.41, 5.74) is 0.718. The van der Waals surface area contributed by atoms with Crippen molar-refractivity contribution in [3.8, 4) is 0 Å². The number of ether oxygens (including phenoxy) is 10. The Morgan fingerprint density at radius 1 is 0.519 bits per heavy atom. The zero-order chi connectivity index (χ0) is 40.1. The number of carbonyl (C=O) groups is 8. The number of hydrogen-bond acceptors (Lipinski definition) is 18. The Bertz CT molecular complexity index is 1560. The predicted molar refractivity (Wildman–Crippen MR) is 178 cm³/mol. The van der Waals surface area contributed by atoms with E-state index < -0.39 is 128 Å². The molecule has 2 saturated heterocycles. The molecule has 0 N–H and O–H groups in total. The lowest BCUT2D eigenvalue weighted by atomic mass is 9.91. The summed E-state index contributed by atoms with van der Waals surface area (Å²) in [7, 11) is 0. The average Bonchev–Trinajstić information content (AvgIpc) is 3.06. The summed E-state index contributed by atoms with van der Waals surface area (Å²) in [5, 5.41) is 0. The zero-order valence-corrected chi connectivity index (χ0v) is 30.8. The third kappa shape index (κ3) is 13.3. The summed E-state index contributed by atoms with van der Waals surface area (Å²) in [5.74, 6) is -6.45. The molecule has 10 atom stereocenters. The van der Waals surface area contributed by atoms with E-state index in [-0.39, 0.29) is 0 Å². The highest BCUT2D eigenvalue weighted by Gasteiger charge is 2.57. The molecular weight excluding hydrogens is 720 g/mol. The van der Waals surface area contributed by atoms with Gasteiger partial charge in [0, 0.05) is 54.9 Å². The Kier molecular flexibility index (Phi) is 16.2. The normalized spacial score (nSPS) is 27.8. The van der Waals surface area contributed by atoms with E-state index in [1.807, 2.05) is 0 Å². The van der Waals surface area contributed by atoms with Crippen LogP contribution in [0.2, 0.25) is 0 Å². The molecule has 18 nitrogen and oxygen atoms in total. The van der Waals surface area contributed by atoms with E-state index in [9.17, 15) is 38.4 Å². The SMILES string of the molecule is CC(=O)OC[C@H]1O[C@@H](CC(=O)/C=C/c2ccccc2)[C@H](OC(C)=O)[C@@H](OC(C)=O)[C@@H]1O[C@@H]1O[C@H](COC(C)=O)[C@@H](OC(C)=O)[C@H](OC(C)=O)[C@H]1OC(C)=O. The van der Waals surface area contributed by atoms with Crippen LogP contribution in [0.25, 0.3) is 6.08 Å². The van der Waals surface area contributed by atoms with Gasteiger partial charge in [-0.2, -0.15) is 0 Å². The maximum Gasteiger partial charge on any atom is 0.303 e. The van der Waals surface area contributed by atoms with E-state index in [0.29, 0.717) is 0 Å². The summed E-state index contributed by atoms with van der Waals surface area (Å²) in [6, 6.07) is 8.89. The van der Waals surface area contributed by atoms with Gasteiger partial charge in [0.15, 0.2) is 42.6 Å². The largest absolute Gasteiger partial charge is 0.463 e. The Morgan fingerprint density at radius 2 is 0.944 bits per heavy atom. The molecule has 0 saturated carbocycles. The molecule has 2 aliphatic heterocycles. The topological polar surface area (TPSA) is 229 Å². The van der Waals surface area contributed by atoms with E-state index in [1.165, 1.54) is 6.08 Å². The second-order valence-electron chi connectivity index (χ2n) is 12.2. The van der Waals surface area contributed by atoms with E-state index >= 15 is 0 Å². The average molecular weight is 765 g/mol. The summed E-state index contributed by atoms with van der Waals surface area (Å²) in [4.78, 5) is 99.0. The number of ketones is 1. The second kappa shape index (κ2) is 20.3. The predicted octanol–water partition coefficient (Wildman–Crippen LogP) is 1.32. The fourth-order valence-electron chi connectivity index (χ4n) is 5.79. The van der Waals surface area contributed by atoms with Crippen molar-refractivity contribution < 1.29 is 85.7 Å². The van der Waals surface area contributed by atoms with Crippen molar-refractivity contribution in [2.45, 2.75) is 116 Å². The lowest BCUT2D eigenvalue weighted by molar-refractivity contribution is -0.344. The molecule has 0 aromatic heterocycles. The molecule has 0 aliphatic carbocycles. The van der Waals surface area contributed by atoms with E-state index in [1.54, 1.807) is 36.4 Å². The van der Waals surface area contributed by atoms with Crippen LogP contribution in [0, 0.1) is 0 Å². The highest BCUT2D eigenvalue weighted by molar-refractivity contribution is 5.94. The van der Waals surface area contributed by atoms with Crippen LogP contribution in [-0.4, -0.2) is 122 Å². The van der Waals surface area contributed by atoms with E-state index in [0.717, 1.165) is 54.0 Å². The maximum absolute atomic E-state index is 13.2. The van der Waals surface area contributed by atoms with Crippen molar-refractivity contribution in [3.05, 3.63) is 42.0 Å². The fraction of sp³-hybridized carbons (Fsp3) is 0.556. The molecule has 2 fully saturated rings. The number of esters is 7. The minimum atomic E-state index is -1.82. The van der Waals surface area contributed by atoms with Gasteiger partial charge in [-0.1, -0.05) is 36.4 Å². The van der Waals surface area contributed by atoms with Crippen LogP contribution in [0.3, 0.4) is 0 Å². The third-order valence-corrected chi connectivity index (χ3v) is 7.69. The molecule has 2 heterocycles. The number of hydrogen-bond donors (Lipinski definition) is 0. The van der Waals surface area contributed by atoms with Crippen molar-refractivity contribution in [2.24, 2.45) is 0 Å². The highest BCUT2D eigenvalue weighted by Crippen LogP contribution is 2.36. The molecule has 2 aliphatic rings. The van der Waals surface area contributed by atoms with Crippen LogP contribution in [0.15, 0.2) is 36.4 Å². The van der Waals surface area contributed by atoms with Gasteiger partial charge < -0.3 is 47.4 Å². The molecule has 0 radical (unpaired) electrons. The zero-order valence-electron chi connectivity index (χ0n) is 30.8. The molecular formula is C36H44O18. The first kappa shape index (κ1) is 43.2. The summed E-state index contributed by atoms with van der Waals surface area (Å²) in [6.07, 6.45) is -13.1. The van der Waals surface area contributed by atoms with Gasteiger partial charge in [-0.05, 0) is 11.6 Å². The first-order valence-electron chi connectivity index (χ1n) is 16.8. The lowest BCUT2D eigenvalue weighted by Gasteiger charge is -2.48. The van der Waals surface area contributed by atoms with Gasteiger partial charge in [-0.3, -0.25) is 38.4 Å². The maximum atomic E-state index is 13.2. The molecule has 296 valence electrons. The van der Waals surface area contributed by atoms with Gasteiger partial charge >= 0.3 is 41.8 Å². The first-order valence-corrected chi connectivity index (χ1v) is 16.8. The molecule has 1 aromatic carbocycles. The van der Waals surface area contributed by atoms with Crippen LogP contribution in [0.5, 0.6) is 0 Å². The molecule has 0 spiro atoms. The van der Waals surface area contributed by atoms with Crippen LogP contribution < -0.4 is 0 Å². The molecule has 0 amide bonds. The smallest absolute Gasteiger partial charge is 0.303 e. The van der Waals surface area contributed by atoms with E-state index in [4.69, 9.17) is 47.4 Å². The van der Waals surface area contributed by atoms with Gasteiger partial charge in [0.05, 0.1) is 0 Å². The Labute approximate surface area is 310 Å². The Balaban J connectivity index is 2.13. The van der Waals surface area contributed by atoms with Gasteiger partial charge in [0.25, 0.3) is 0 Å². The van der Waals surface area contributed by atoms with Crippen LogP contribution in [-0.2, 0) is 85.7 Å². The second-order valence-corrected chi connectivity index (χ2v) is 12.2. The number of rotatable bonds is 15. The first-order chi connectivity index (χ1) is 25.4. The molecule has 18 heteroatoms. The van der Waals surface area contributed by atoms with Gasteiger partial charge in [0.1, 0.15) is 37.6 Å². The molecule has 3 rings (SSSR count). The minimum absolute atomic E-state index is 0.415. The monoisotopic (exact) mass is 764 g/mol. The number of benzene rings is 1. The molecule has 0 bridgehead atoms. The molecule has 54 heavy (non-hydrogen) atoms. The standard InChI is InChI=1S/C36H44O18/c1-18(37)45-16-28-32(33(49-22(5)41)30(47-20(3)39)27(52-28)15-26(44)14-13-25-11-9-8-10-12-25)54-36-35(51-24(7)43)34(50-23(6)42)31(48-21(4)40)29(53-36)17-46-19(2)38/h8-14,27-36H,15-17H2,1-7H3/b14-13+/t27-,28+,29+,30-,31+,32+,33+,34-,35+,36-/m0/s1. The Morgan fingerprint density at radius 3 is 1.43 bits per heavy atom. The van der Waals surface area contributed by atoms with Crippen molar-refractivity contribution in [1.29, 1.82) is 0 Å². The van der Waals surface area contributed by atoms with Crippen LogP contribution in [0.4, 0.5) is 0 Å². The Hall–Kier alpha value is -5.20. The van der Waals surface area contributed by atoms with Gasteiger partial charge in [0.2, 0.25) is 0 Å². The van der Waals surface area contributed by atoms with Gasteiger partial charge in [-0.25, -0.2) is 0 Å². The summed E-state index contributed by atoms with van der Waals surface area (Å²) in [6.45, 7) is 6.27. The fourth-order valence-corrected chi connectivity index (χ4v) is 5.79. The van der Waals surface area contributed by atoms with Gasteiger partial charge in [-0.15, -0.1) is 0 Å². The van der Waals surface area contributed by atoms with Crippen molar-refractivity contribution in [1.82, 2.24) is 0 Å². The van der Waals surface area contributed by atoms with Crippen LogP contribution >= 0.6 is 0 Å². The van der Waals surface area contributed by atoms with Crippen molar-refractivity contribution in [3.63, 3.8) is 0 Å². The van der Waals surface area contributed by atoms with Crippen molar-refractivity contribution in [2.75, 3.05) is 13.2 Å². The highest BCUT2D eigenvalue weighted by atomic mass is 16.8. The minimum Gasteiger partial charge on any atom is -0.463 e.